The minimum atomic E-state index is 0.600. The number of para-hydroxylation sites is 1. The van der Waals surface area contributed by atoms with Gasteiger partial charge in [0, 0.05) is 30.0 Å². The highest BCUT2D eigenvalue weighted by molar-refractivity contribution is 5.34. The van der Waals surface area contributed by atoms with Crippen LogP contribution < -0.4 is 5.32 Å². The van der Waals surface area contributed by atoms with Crippen LogP contribution in [0.5, 0.6) is 0 Å². The Labute approximate surface area is 95.1 Å². The van der Waals surface area contributed by atoms with Crippen molar-refractivity contribution in [3.05, 3.63) is 48.5 Å². The first kappa shape index (κ1) is 9.60. The minimum absolute atomic E-state index is 0.600. The molecule has 2 aromatic rings. The molecule has 0 bridgehead atoms. The number of aromatic nitrogens is 2. The Morgan fingerprint density at radius 1 is 1.25 bits per heavy atom. The maximum absolute atomic E-state index is 4.28. The summed E-state index contributed by atoms with van der Waals surface area (Å²) in [7, 11) is 0. The van der Waals surface area contributed by atoms with Gasteiger partial charge in [0.25, 0.3) is 0 Å². The molecule has 1 fully saturated rings. The zero-order chi connectivity index (χ0) is 10.8. The maximum Gasteiger partial charge on any atom is 0.0994 e. The van der Waals surface area contributed by atoms with Crippen molar-refractivity contribution in [1.82, 2.24) is 14.9 Å². The molecule has 3 rings (SSSR count). The van der Waals surface area contributed by atoms with E-state index >= 15 is 0 Å². The van der Waals surface area contributed by atoms with Crippen LogP contribution in [0.2, 0.25) is 0 Å². The van der Waals surface area contributed by atoms with Crippen LogP contribution >= 0.6 is 0 Å². The van der Waals surface area contributed by atoms with Gasteiger partial charge in [0.1, 0.15) is 0 Å². The smallest absolute Gasteiger partial charge is 0.0994 e. The molecule has 1 saturated heterocycles. The van der Waals surface area contributed by atoms with Crippen molar-refractivity contribution >= 4 is 0 Å². The zero-order valence-electron chi connectivity index (χ0n) is 9.13. The molecule has 0 spiro atoms. The lowest BCUT2D eigenvalue weighted by Crippen LogP contribution is -2.10. The fourth-order valence-corrected chi connectivity index (χ4v) is 2.32. The van der Waals surface area contributed by atoms with Crippen molar-refractivity contribution in [3.8, 4) is 5.69 Å². The second-order valence-corrected chi connectivity index (χ2v) is 4.21. The Kier molecular flexibility index (Phi) is 2.46. The molecule has 1 atom stereocenters. The summed E-state index contributed by atoms with van der Waals surface area (Å²) in [6.45, 7) is 2.18. The van der Waals surface area contributed by atoms with Gasteiger partial charge >= 0.3 is 0 Å². The topological polar surface area (TPSA) is 29.9 Å². The van der Waals surface area contributed by atoms with E-state index in [1.165, 1.54) is 17.8 Å². The van der Waals surface area contributed by atoms with Gasteiger partial charge in [-0.15, -0.1) is 0 Å². The SMILES string of the molecule is c1ccc(-n2cncc2C2CCNC2)cc1. The van der Waals surface area contributed by atoms with E-state index in [0.717, 1.165) is 13.1 Å². The Morgan fingerprint density at radius 3 is 2.88 bits per heavy atom. The molecule has 0 amide bonds. The van der Waals surface area contributed by atoms with Crippen LogP contribution in [-0.2, 0) is 0 Å². The van der Waals surface area contributed by atoms with Crippen molar-refractivity contribution in [3.63, 3.8) is 0 Å². The van der Waals surface area contributed by atoms with E-state index in [0.29, 0.717) is 5.92 Å². The number of rotatable bonds is 2. The Hall–Kier alpha value is -1.61. The predicted molar refractivity (Wildman–Crippen MR) is 63.8 cm³/mol. The van der Waals surface area contributed by atoms with Gasteiger partial charge in [-0.05, 0) is 25.1 Å². The fraction of sp³-hybridized carbons (Fsp3) is 0.308. The summed E-state index contributed by atoms with van der Waals surface area (Å²) < 4.78 is 2.19. The van der Waals surface area contributed by atoms with Crippen LogP contribution in [0, 0.1) is 0 Å². The molecule has 0 radical (unpaired) electrons. The van der Waals surface area contributed by atoms with Crippen molar-refractivity contribution < 1.29 is 0 Å². The number of benzene rings is 1. The Bertz CT molecular complexity index is 455. The van der Waals surface area contributed by atoms with E-state index in [1.807, 2.05) is 18.6 Å². The zero-order valence-corrected chi connectivity index (χ0v) is 9.13. The lowest BCUT2D eigenvalue weighted by Gasteiger charge is -2.12. The van der Waals surface area contributed by atoms with E-state index in [4.69, 9.17) is 0 Å². The summed E-state index contributed by atoms with van der Waals surface area (Å²) in [6.07, 6.45) is 5.10. The van der Waals surface area contributed by atoms with Gasteiger partial charge in [-0.1, -0.05) is 18.2 Å². The van der Waals surface area contributed by atoms with Gasteiger partial charge in [0.05, 0.1) is 6.33 Å². The van der Waals surface area contributed by atoms with Crippen molar-refractivity contribution in [2.75, 3.05) is 13.1 Å². The quantitative estimate of drug-likeness (QED) is 0.826. The number of hydrogen-bond donors (Lipinski definition) is 1. The molecule has 3 heteroatoms. The number of nitrogens with one attached hydrogen (secondary N) is 1. The summed E-state index contributed by atoms with van der Waals surface area (Å²) in [5, 5.41) is 3.40. The molecular weight excluding hydrogens is 198 g/mol. The molecule has 1 aromatic carbocycles. The molecule has 2 heterocycles. The lowest BCUT2D eigenvalue weighted by atomic mass is 10.1. The first-order valence-corrected chi connectivity index (χ1v) is 5.73. The van der Waals surface area contributed by atoms with Crippen LogP contribution in [-0.4, -0.2) is 22.6 Å². The molecule has 3 nitrogen and oxygen atoms in total. The van der Waals surface area contributed by atoms with Crippen LogP contribution in [0.15, 0.2) is 42.9 Å². The summed E-state index contributed by atoms with van der Waals surface area (Å²) in [4.78, 5) is 4.28. The van der Waals surface area contributed by atoms with E-state index in [1.54, 1.807) is 0 Å². The standard InChI is InChI=1S/C13H15N3/c1-2-4-12(5-3-1)16-10-15-9-13(16)11-6-7-14-8-11/h1-5,9-11,14H,6-8H2. The fourth-order valence-electron chi connectivity index (χ4n) is 2.32. The first-order valence-electron chi connectivity index (χ1n) is 5.73. The summed E-state index contributed by atoms with van der Waals surface area (Å²) in [6, 6.07) is 10.4. The Balaban J connectivity index is 1.99. The molecular formula is C13H15N3. The van der Waals surface area contributed by atoms with Crippen molar-refractivity contribution in [1.29, 1.82) is 0 Å². The predicted octanol–water partition coefficient (Wildman–Crippen LogP) is 1.95. The van der Waals surface area contributed by atoms with Crippen LogP contribution in [0.3, 0.4) is 0 Å². The number of nitrogens with zero attached hydrogens (tertiary/aromatic N) is 2. The average molecular weight is 213 g/mol. The molecule has 82 valence electrons. The van der Waals surface area contributed by atoms with Gasteiger partial charge < -0.3 is 9.88 Å². The van der Waals surface area contributed by atoms with Crippen LogP contribution in [0.1, 0.15) is 18.0 Å². The maximum atomic E-state index is 4.28. The van der Waals surface area contributed by atoms with Gasteiger partial charge in [-0.3, -0.25) is 0 Å². The third kappa shape index (κ3) is 1.63. The average Bonchev–Trinajstić information content (AvgIpc) is 3.01. The van der Waals surface area contributed by atoms with Gasteiger partial charge in [-0.25, -0.2) is 4.98 Å². The Morgan fingerprint density at radius 2 is 2.12 bits per heavy atom. The molecule has 0 saturated carbocycles. The van der Waals surface area contributed by atoms with E-state index < -0.39 is 0 Å². The summed E-state index contributed by atoms with van der Waals surface area (Å²) in [5.74, 6) is 0.600. The summed E-state index contributed by atoms with van der Waals surface area (Å²) in [5.41, 5.74) is 2.51. The second kappa shape index (κ2) is 4.10. The monoisotopic (exact) mass is 213 g/mol. The highest BCUT2D eigenvalue weighted by atomic mass is 15.1. The van der Waals surface area contributed by atoms with Crippen LogP contribution in [0.4, 0.5) is 0 Å². The molecule has 1 aliphatic heterocycles. The number of hydrogen-bond acceptors (Lipinski definition) is 2. The van der Waals surface area contributed by atoms with E-state index in [2.05, 4.69) is 39.1 Å². The molecule has 1 aliphatic rings. The van der Waals surface area contributed by atoms with Gasteiger partial charge in [0.15, 0.2) is 0 Å². The first-order chi connectivity index (χ1) is 7.95. The highest BCUT2D eigenvalue weighted by Gasteiger charge is 2.20. The molecule has 1 N–H and O–H groups in total. The largest absolute Gasteiger partial charge is 0.316 e. The van der Waals surface area contributed by atoms with Crippen LogP contribution in [0.25, 0.3) is 5.69 Å². The molecule has 1 aromatic heterocycles. The van der Waals surface area contributed by atoms with E-state index in [9.17, 15) is 0 Å². The molecule has 16 heavy (non-hydrogen) atoms. The normalized spacial score (nSPS) is 20.1. The lowest BCUT2D eigenvalue weighted by molar-refractivity contribution is 0.714. The second-order valence-electron chi connectivity index (χ2n) is 4.21. The highest BCUT2D eigenvalue weighted by Crippen LogP contribution is 2.24. The van der Waals surface area contributed by atoms with Gasteiger partial charge in [-0.2, -0.15) is 0 Å². The summed E-state index contributed by atoms with van der Waals surface area (Å²) >= 11 is 0. The van der Waals surface area contributed by atoms with E-state index in [-0.39, 0.29) is 0 Å². The minimum Gasteiger partial charge on any atom is -0.316 e. The van der Waals surface area contributed by atoms with Gasteiger partial charge in [0.2, 0.25) is 0 Å². The third-order valence-electron chi connectivity index (χ3n) is 3.18. The number of imidazole rings is 1. The molecule has 0 aliphatic carbocycles. The van der Waals surface area contributed by atoms with Crippen molar-refractivity contribution in [2.45, 2.75) is 12.3 Å². The third-order valence-corrected chi connectivity index (χ3v) is 3.18. The molecule has 1 unspecified atom stereocenters. The van der Waals surface area contributed by atoms with Crippen molar-refractivity contribution in [2.24, 2.45) is 0 Å².